The van der Waals surface area contributed by atoms with Crippen LogP contribution in [0, 0.1) is 0 Å². The van der Waals surface area contributed by atoms with Gasteiger partial charge in [0.25, 0.3) is 0 Å². The van der Waals surface area contributed by atoms with Crippen LogP contribution in [0.2, 0.25) is 0 Å². The second-order valence-corrected chi connectivity index (χ2v) is 5.39. The molecule has 0 aromatic carbocycles. The van der Waals surface area contributed by atoms with Crippen molar-refractivity contribution in [2.45, 2.75) is 32.8 Å². The van der Waals surface area contributed by atoms with E-state index in [0.29, 0.717) is 18.7 Å². The third kappa shape index (κ3) is 7.10. The fourth-order valence-corrected chi connectivity index (χ4v) is 1.45. The van der Waals surface area contributed by atoms with Crippen molar-refractivity contribution in [1.29, 1.82) is 0 Å². The van der Waals surface area contributed by atoms with Crippen molar-refractivity contribution in [3.63, 3.8) is 0 Å². The fourth-order valence-electron chi connectivity index (χ4n) is 1.45. The Morgan fingerprint density at radius 3 is 2.76 bits per heavy atom. The molecule has 0 aliphatic carbocycles. The number of aromatic carboxylic acids is 1. The Balaban J connectivity index is 2.37. The van der Waals surface area contributed by atoms with Gasteiger partial charge < -0.3 is 15.2 Å². The van der Waals surface area contributed by atoms with E-state index in [1.54, 1.807) is 26.8 Å². The predicted molar refractivity (Wildman–Crippen MR) is 79.1 cm³/mol. The smallest absolute Gasteiger partial charge is 0.407 e. The maximum Gasteiger partial charge on any atom is 0.407 e. The van der Waals surface area contributed by atoms with Crippen molar-refractivity contribution in [3.8, 4) is 0 Å². The Morgan fingerprint density at radius 1 is 1.43 bits per heavy atom. The van der Waals surface area contributed by atoms with E-state index in [2.05, 4.69) is 10.3 Å². The number of rotatable bonds is 5. The molecule has 0 saturated heterocycles. The van der Waals surface area contributed by atoms with Crippen LogP contribution < -0.4 is 5.32 Å². The van der Waals surface area contributed by atoms with Gasteiger partial charge in [0.1, 0.15) is 5.60 Å². The lowest BCUT2D eigenvalue weighted by molar-refractivity contribution is 0.0528. The number of amides is 1. The fraction of sp³-hybridized carbons (Fsp3) is 0.400. The molecule has 0 unspecified atom stereocenters. The molecule has 0 saturated carbocycles. The second-order valence-electron chi connectivity index (χ2n) is 5.39. The van der Waals surface area contributed by atoms with Crippen molar-refractivity contribution in [2.75, 3.05) is 6.54 Å². The largest absolute Gasteiger partial charge is 0.478 e. The van der Waals surface area contributed by atoms with Gasteiger partial charge in [-0.3, -0.25) is 4.98 Å². The zero-order valence-corrected chi connectivity index (χ0v) is 12.4. The molecule has 0 atom stereocenters. The van der Waals surface area contributed by atoms with E-state index in [4.69, 9.17) is 9.84 Å². The number of carboxylic acid groups (broad SMARTS) is 1. The summed E-state index contributed by atoms with van der Waals surface area (Å²) < 4.78 is 5.09. The van der Waals surface area contributed by atoms with Gasteiger partial charge in [0.2, 0.25) is 0 Å². The highest BCUT2D eigenvalue weighted by atomic mass is 16.6. The van der Waals surface area contributed by atoms with Crippen LogP contribution in [-0.4, -0.2) is 34.3 Å². The van der Waals surface area contributed by atoms with Crippen molar-refractivity contribution in [3.05, 3.63) is 35.7 Å². The molecule has 6 heteroatoms. The standard InChI is InChI=1S/C15H20N2O4/c1-15(2,3)21-14(20)17-8-5-4-6-12-10-11(13(18)19)7-9-16-12/h4,6-7,9-10H,5,8H2,1-3H3,(H,17,20)(H,18,19). The first-order chi connectivity index (χ1) is 9.78. The van der Waals surface area contributed by atoms with Gasteiger partial charge in [0.15, 0.2) is 0 Å². The topological polar surface area (TPSA) is 88.5 Å². The first kappa shape index (κ1) is 16.7. The monoisotopic (exact) mass is 292 g/mol. The van der Waals surface area contributed by atoms with Crippen LogP contribution in [-0.2, 0) is 4.74 Å². The summed E-state index contributed by atoms with van der Waals surface area (Å²) in [4.78, 5) is 26.2. The summed E-state index contributed by atoms with van der Waals surface area (Å²) >= 11 is 0. The van der Waals surface area contributed by atoms with E-state index in [1.807, 2.05) is 6.08 Å². The van der Waals surface area contributed by atoms with Crippen LogP contribution >= 0.6 is 0 Å². The minimum atomic E-state index is -0.987. The van der Waals surface area contributed by atoms with Crippen molar-refractivity contribution >= 4 is 18.1 Å². The average Bonchev–Trinajstić information content (AvgIpc) is 2.36. The molecule has 1 aromatic rings. The molecule has 0 spiro atoms. The second kappa shape index (κ2) is 7.42. The first-order valence-electron chi connectivity index (χ1n) is 6.61. The number of hydrogen-bond donors (Lipinski definition) is 2. The SMILES string of the molecule is CC(C)(C)OC(=O)NCCC=Cc1cc(C(=O)O)ccn1. The van der Waals surface area contributed by atoms with Gasteiger partial charge in [0.05, 0.1) is 11.3 Å². The number of nitrogens with one attached hydrogen (secondary N) is 1. The van der Waals surface area contributed by atoms with Gasteiger partial charge in [0, 0.05) is 12.7 Å². The number of alkyl carbamates (subject to hydrolysis) is 1. The van der Waals surface area contributed by atoms with E-state index in [0.717, 1.165) is 0 Å². The van der Waals surface area contributed by atoms with Gasteiger partial charge in [-0.05, 0) is 45.4 Å². The Kier molecular flexibility index (Phi) is 5.90. The molecule has 0 bridgehead atoms. The summed E-state index contributed by atoms with van der Waals surface area (Å²) in [6, 6.07) is 2.92. The lowest BCUT2D eigenvalue weighted by Gasteiger charge is -2.19. The molecule has 1 rings (SSSR count). The van der Waals surface area contributed by atoms with Gasteiger partial charge >= 0.3 is 12.1 Å². The molecular formula is C15H20N2O4. The number of ether oxygens (including phenoxy) is 1. The van der Waals surface area contributed by atoms with E-state index in [-0.39, 0.29) is 5.56 Å². The number of aromatic nitrogens is 1. The van der Waals surface area contributed by atoms with Gasteiger partial charge in [-0.2, -0.15) is 0 Å². The van der Waals surface area contributed by atoms with E-state index in [9.17, 15) is 9.59 Å². The summed E-state index contributed by atoms with van der Waals surface area (Å²) in [7, 11) is 0. The highest BCUT2D eigenvalue weighted by molar-refractivity contribution is 5.87. The molecule has 0 aliphatic heterocycles. The Bertz CT molecular complexity index is 533. The summed E-state index contributed by atoms with van der Waals surface area (Å²) in [5.41, 5.74) is 0.241. The Hall–Kier alpha value is -2.37. The minimum absolute atomic E-state index is 0.191. The third-order valence-electron chi connectivity index (χ3n) is 2.30. The average molecular weight is 292 g/mol. The van der Waals surface area contributed by atoms with Crippen LogP contribution in [0.4, 0.5) is 4.79 Å². The first-order valence-corrected chi connectivity index (χ1v) is 6.61. The molecule has 0 radical (unpaired) electrons. The van der Waals surface area contributed by atoms with E-state index in [1.165, 1.54) is 18.3 Å². The number of carbonyl (C=O) groups excluding carboxylic acids is 1. The molecule has 1 amide bonds. The predicted octanol–water partition coefficient (Wildman–Crippen LogP) is 2.71. The molecule has 0 aliphatic rings. The zero-order chi connectivity index (χ0) is 15.9. The van der Waals surface area contributed by atoms with E-state index >= 15 is 0 Å². The summed E-state index contributed by atoms with van der Waals surface area (Å²) in [5.74, 6) is -0.987. The number of hydrogen-bond acceptors (Lipinski definition) is 4. The third-order valence-corrected chi connectivity index (χ3v) is 2.30. The lowest BCUT2D eigenvalue weighted by Crippen LogP contribution is -2.32. The number of carboxylic acids is 1. The normalized spacial score (nSPS) is 11.4. The molecule has 2 N–H and O–H groups in total. The van der Waals surface area contributed by atoms with Crippen molar-refractivity contribution < 1.29 is 19.4 Å². The van der Waals surface area contributed by atoms with Crippen molar-refractivity contribution in [2.24, 2.45) is 0 Å². The molecule has 1 heterocycles. The Morgan fingerprint density at radius 2 is 2.14 bits per heavy atom. The molecule has 114 valence electrons. The molecule has 0 fully saturated rings. The lowest BCUT2D eigenvalue weighted by atomic mass is 10.2. The summed E-state index contributed by atoms with van der Waals surface area (Å²) in [5, 5.41) is 11.5. The van der Waals surface area contributed by atoms with Crippen LogP contribution in [0.15, 0.2) is 24.4 Å². The van der Waals surface area contributed by atoms with Crippen LogP contribution in [0.5, 0.6) is 0 Å². The maximum absolute atomic E-state index is 11.4. The molecular weight excluding hydrogens is 272 g/mol. The highest BCUT2D eigenvalue weighted by Crippen LogP contribution is 2.06. The van der Waals surface area contributed by atoms with Crippen LogP contribution in [0.1, 0.15) is 43.2 Å². The quantitative estimate of drug-likeness (QED) is 0.814. The summed E-state index contributed by atoms with van der Waals surface area (Å²) in [6.45, 7) is 5.83. The van der Waals surface area contributed by atoms with Gasteiger partial charge in [-0.1, -0.05) is 6.08 Å². The number of nitrogens with zero attached hydrogens (tertiary/aromatic N) is 1. The zero-order valence-electron chi connectivity index (χ0n) is 12.4. The van der Waals surface area contributed by atoms with Crippen molar-refractivity contribution in [1.82, 2.24) is 10.3 Å². The molecule has 1 aromatic heterocycles. The summed E-state index contributed by atoms with van der Waals surface area (Å²) in [6.07, 6.45) is 5.11. The maximum atomic E-state index is 11.4. The van der Waals surface area contributed by atoms with Crippen LogP contribution in [0.25, 0.3) is 6.08 Å². The minimum Gasteiger partial charge on any atom is -0.478 e. The van der Waals surface area contributed by atoms with Gasteiger partial charge in [-0.25, -0.2) is 9.59 Å². The van der Waals surface area contributed by atoms with E-state index < -0.39 is 17.7 Å². The molecule has 6 nitrogen and oxygen atoms in total. The molecule has 21 heavy (non-hydrogen) atoms. The van der Waals surface area contributed by atoms with Crippen LogP contribution in [0.3, 0.4) is 0 Å². The highest BCUT2D eigenvalue weighted by Gasteiger charge is 2.15. The number of carbonyl (C=O) groups is 2. The van der Waals surface area contributed by atoms with Gasteiger partial charge in [-0.15, -0.1) is 0 Å². The number of pyridine rings is 1. The Labute approximate surface area is 123 Å².